The van der Waals surface area contributed by atoms with Gasteiger partial charge in [-0.15, -0.1) is 5.10 Å². The van der Waals surface area contributed by atoms with E-state index < -0.39 is 5.91 Å². The number of hydrogen-bond donors (Lipinski definition) is 2. The van der Waals surface area contributed by atoms with E-state index in [1.165, 1.54) is 0 Å². The van der Waals surface area contributed by atoms with E-state index >= 15 is 0 Å². The fourth-order valence-electron chi connectivity index (χ4n) is 2.22. The molecule has 0 aromatic carbocycles. The summed E-state index contributed by atoms with van der Waals surface area (Å²) in [7, 11) is 0. The van der Waals surface area contributed by atoms with Crippen molar-refractivity contribution in [1.82, 2.24) is 20.4 Å². The number of nitrogens with two attached hydrogens (primary N) is 1. The fourth-order valence-corrected chi connectivity index (χ4v) is 2.22. The lowest BCUT2D eigenvalue weighted by Crippen LogP contribution is -2.30. The van der Waals surface area contributed by atoms with Gasteiger partial charge in [-0.25, -0.2) is 10.5 Å². The number of rotatable bonds is 6. The Morgan fingerprint density at radius 1 is 1.55 bits per heavy atom. The second-order valence-electron chi connectivity index (χ2n) is 5.10. The van der Waals surface area contributed by atoms with Crippen molar-refractivity contribution in [2.45, 2.75) is 26.3 Å². The number of carbonyl (C=O) groups excluding carboxylic acids is 1. The maximum absolute atomic E-state index is 11.2. The number of hydrogen-bond acceptors (Lipinski definition) is 5. The Bertz CT molecular complexity index is 471. The van der Waals surface area contributed by atoms with E-state index in [0.29, 0.717) is 25.0 Å². The summed E-state index contributed by atoms with van der Waals surface area (Å²) in [4.78, 5) is 11.2. The molecule has 7 heteroatoms. The van der Waals surface area contributed by atoms with Crippen LogP contribution in [0.2, 0.25) is 0 Å². The lowest BCUT2D eigenvalue weighted by Gasteiger charge is -2.24. The molecule has 0 saturated heterocycles. The molecule has 2 atom stereocenters. The predicted molar refractivity (Wildman–Crippen MR) is 73.5 cm³/mol. The first-order chi connectivity index (χ1) is 9.70. The van der Waals surface area contributed by atoms with Gasteiger partial charge in [0.2, 0.25) is 0 Å². The van der Waals surface area contributed by atoms with Gasteiger partial charge >= 0.3 is 0 Å². The van der Waals surface area contributed by atoms with Crippen molar-refractivity contribution >= 4 is 5.91 Å². The summed E-state index contributed by atoms with van der Waals surface area (Å²) in [6.45, 7) is 4.14. The van der Waals surface area contributed by atoms with Gasteiger partial charge < -0.3 is 4.74 Å². The summed E-state index contributed by atoms with van der Waals surface area (Å²) >= 11 is 0. The molecule has 0 bridgehead atoms. The van der Waals surface area contributed by atoms with Crippen LogP contribution in [-0.4, -0.2) is 34.1 Å². The third-order valence-electron chi connectivity index (χ3n) is 3.62. The molecular weight excluding hydrogens is 258 g/mol. The minimum atomic E-state index is -0.444. The molecule has 1 aromatic rings. The van der Waals surface area contributed by atoms with Crippen LogP contribution in [0.4, 0.5) is 0 Å². The van der Waals surface area contributed by atoms with Crippen LogP contribution >= 0.6 is 0 Å². The largest absolute Gasteiger partial charge is 0.379 e. The molecule has 1 aliphatic carbocycles. The molecule has 1 aliphatic rings. The third-order valence-corrected chi connectivity index (χ3v) is 3.62. The number of nitrogens with one attached hydrogen (secondary N) is 1. The zero-order valence-corrected chi connectivity index (χ0v) is 11.7. The number of amides is 1. The molecule has 7 nitrogen and oxygen atoms in total. The molecule has 2 rings (SSSR count). The molecule has 1 aromatic heterocycles. The average molecular weight is 279 g/mol. The summed E-state index contributed by atoms with van der Waals surface area (Å²) in [5, 5.41) is 7.57. The molecule has 3 N–H and O–H groups in total. The molecule has 1 heterocycles. The van der Waals surface area contributed by atoms with Crippen LogP contribution in [-0.2, 0) is 11.3 Å². The maximum atomic E-state index is 11.2. The first kappa shape index (κ1) is 14.7. The van der Waals surface area contributed by atoms with Crippen LogP contribution in [0.15, 0.2) is 18.3 Å². The highest BCUT2D eigenvalue weighted by molar-refractivity contribution is 5.91. The highest BCUT2D eigenvalue weighted by atomic mass is 16.5. The number of nitrogen functional groups attached to an aromatic ring is 1. The van der Waals surface area contributed by atoms with Gasteiger partial charge in [0, 0.05) is 0 Å². The van der Waals surface area contributed by atoms with E-state index in [1.807, 2.05) is 5.43 Å². The molecule has 0 spiro atoms. The lowest BCUT2D eigenvalue weighted by atomic mass is 9.85. The SMILES string of the molecule is CC1CC=CCC1COCCn1cc(C(=O)NN)nn1. The molecule has 20 heavy (non-hydrogen) atoms. The molecule has 0 saturated carbocycles. The summed E-state index contributed by atoms with van der Waals surface area (Å²) in [6, 6.07) is 0. The van der Waals surface area contributed by atoms with Gasteiger partial charge in [0.1, 0.15) is 0 Å². The summed E-state index contributed by atoms with van der Waals surface area (Å²) in [5.74, 6) is 5.84. The first-order valence-corrected chi connectivity index (χ1v) is 6.84. The van der Waals surface area contributed by atoms with Gasteiger partial charge in [-0.2, -0.15) is 0 Å². The number of allylic oxidation sites excluding steroid dienone is 2. The zero-order chi connectivity index (χ0) is 14.4. The average Bonchev–Trinajstić information content (AvgIpc) is 2.93. The predicted octanol–water partition coefficient (Wildman–Crippen LogP) is 0.500. The Balaban J connectivity index is 1.69. The van der Waals surface area contributed by atoms with Crippen LogP contribution in [0.25, 0.3) is 0 Å². The van der Waals surface area contributed by atoms with Crippen LogP contribution in [0.1, 0.15) is 30.3 Å². The maximum Gasteiger partial charge on any atom is 0.287 e. The highest BCUT2D eigenvalue weighted by Gasteiger charge is 2.18. The van der Waals surface area contributed by atoms with Gasteiger partial charge in [-0.3, -0.25) is 10.2 Å². The number of ether oxygens (including phenoxy) is 1. The number of nitrogens with zero attached hydrogens (tertiary/aromatic N) is 3. The molecular formula is C13H21N5O2. The fraction of sp³-hybridized carbons (Fsp3) is 0.615. The lowest BCUT2D eigenvalue weighted by molar-refractivity contribution is 0.0722. The highest BCUT2D eigenvalue weighted by Crippen LogP contribution is 2.24. The summed E-state index contributed by atoms with van der Waals surface area (Å²) in [5.41, 5.74) is 2.22. The molecule has 0 aliphatic heterocycles. The molecule has 0 radical (unpaired) electrons. The Hall–Kier alpha value is -1.73. The van der Waals surface area contributed by atoms with Crippen LogP contribution in [0, 0.1) is 11.8 Å². The van der Waals surface area contributed by atoms with Crippen molar-refractivity contribution in [3.8, 4) is 0 Å². The molecule has 1 amide bonds. The van der Waals surface area contributed by atoms with Gasteiger partial charge in [-0.05, 0) is 24.7 Å². The summed E-state index contributed by atoms with van der Waals surface area (Å²) < 4.78 is 7.27. The zero-order valence-electron chi connectivity index (χ0n) is 11.7. The smallest absolute Gasteiger partial charge is 0.287 e. The topological polar surface area (TPSA) is 95.1 Å². The molecule has 2 unspecified atom stereocenters. The van der Waals surface area contributed by atoms with E-state index in [9.17, 15) is 4.79 Å². The van der Waals surface area contributed by atoms with Crippen molar-refractivity contribution < 1.29 is 9.53 Å². The Kier molecular flexibility index (Phi) is 5.25. The van der Waals surface area contributed by atoms with E-state index in [4.69, 9.17) is 10.6 Å². The number of aromatic nitrogens is 3. The Morgan fingerprint density at radius 2 is 2.35 bits per heavy atom. The Morgan fingerprint density at radius 3 is 3.10 bits per heavy atom. The molecule has 110 valence electrons. The second kappa shape index (κ2) is 7.16. The number of hydrazine groups is 1. The van der Waals surface area contributed by atoms with Crippen molar-refractivity contribution in [3.05, 3.63) is 24.0 Å². The van der Waals surface area contributed by atoms with Crippen molar-refractivity contribution in [2.24, 2.45) is 17.7 Å². The molecule has 0 fully saturated rings. The number of carbonyl (C=O) groups is 1. The first-order valence-electron chi connectivity index (χ1n) is 6.84. The van der Waals surface area contributed by atoms with E-state index in [2.05, 4.69) is 29.4 Å². The minimum absolute atomic E-state index is 0.207. The summed E-state index contributed by atoms with van der Waals surface area (Å²) in [6.07, 6.45) is 8.24. The van der Waals surface area contributed by atoms with Crippen molar-refractivity contribution in [1.29, 1.82) is 0 Å². The normalized spacial score (nSPS) is 21.9. The monoisotopic (exact) mass is 279 g/mol. The van der Waals surface area contributed by atoms with Crippen LogP contribution in [0.5, 0.6) is 0 Å². The van der Waals surface area contributed by atoms with E-state index in [0.717, 1.165) is 19.4 Å². The van der Waals surface area contributed by atoms with E-state index in [-0.39, 0.29) is 5.69 Å². The van der Waals surface area contributed by atoms with E-state index in [1.54, 1.807) is 10.9 Å². The quantitative estimate of drug-likeness (QED) is 0.260. The minimum Gasteiger partial charge on any atom is -0.379 e. The third kappa shape index (κ3) is 3.88. The van der Waals surface area contributed by atoms with Crippen LogP contribution in [0.3, 0.4) is 0 Å². The van der Waals surface area contributed by atoms with Gasteiger partial charge in [0.25, 0.3) is 5.91 Å². The second-order valence-corrected chi connectivity index (χ2v) is 5.10. The van der Waals surface area contributed by atoms with Crippen molar-refractivity contribution in [2.75, 3.05) is 13.2 Å². The van der Waals surface area contributed by atoms with Gasteiger partial charge in [0.15, 0.2) is 5.69 Å². The van der Waals surface area contributed by atoms with Gasteiger partial charge in [-0.1, -0.05) is 24.3 Å². The van der Waals surface area contributed by atoms with Crippen LogP contribution < -0.4 is 11.3 Å². The Labute approximate surface area is 118 Å². The standard InChI is InChI=1S/C13H21N5O2/c1-10-4-2-3-5-11(10)9-20-7-6-18-8-12(16-17-18)13(19)15-14/h2-3,8,10-11H,4-7,9,14H2,1H3,(H,15,19). The van der Waals surface area contributed by atoms with Gasteiger partial charge in [0.05, 0.1) is 26.0 Å². The van der Waals surface area contributed by atoms with Crippen molar-refractivity contribution in [3.63, 3.8) is 0 Å².